The fourth-order valence-electron chi connectivity index (χ4n) is 2.92. The minimum absolute atomic E-state index is 0.0277. The van der Waals surface area contributed by atoms with E-state index in [4.69, 9.17) is 0 Å². The molecule has 7 heteroatoms. The molecule has 25 heavy (non-hydrogen) atoms. The predicted octanol–water partition coefficient (Wildman–Crippen LogP) is 2.06. The number of sulfone groups is 1. The van der Waals surface area contributed by atoms with E-state index in [2.05, 4.69) is 5.32 Å². The van der Waals surface area contributed by atoms with Crippen LogP contribution in [0, 0.1) is 0 Å². The number of nitrogens with one attached hydrogen (secondary N) is 1. The average molecular weight is 366 g/mol. The van der Waals surface area contributed by atoms with Crippen LogP contribution in [-0.2, 0) is 25.8 Å². The number of carbonyl (C=O) groups excluding carboxylic acids is 2. The lowest BCUT2D eigenvalue weighted by molar-refractivity contribution is -0.121. The highest BCUT2D eigenvalue weighted by Gasteiger charge is 2.29. The van der Waals surface area contributed by atoms with Crippen LogP contribution in [-0.4, -0.2) is 38.1 Å². The zero-order chi connectivity index (χ0) is 18.8. The molecule has 138 valence electrons. The lowest BCUT2D eigenvalue weighted by atomic mass is 10.2. The molecule has 0 aromatic heterocycles. The van der Waals surface area contributed by atoms with E-state index < -0.39 is 15.1 Å². The molecule has 1 aromatic rings. The first-order chi connectivity index (χ1) is 11.7. The van der Waals surface area contributed by atoms with Gasteiger partial charge >= 0.3 is 0 Å². The third-order valence-electron chi connectivity index (χ3n) is 4.68. The first-order valence-corrected chi connectivity index (χ1v) is 10.2. The summed E-state index contributed by atoms with van der Waals surface area (Å²) in [6.07, 6.45) is 1.37. The Morgan fingerprint density at radius 3 is 2.56 bits per heavy atom. The predicted molar refractivity (Wildman–Crippen MR) is 97.3 cm³/mol. The highest BCUT2D eigenvalue weighted by atomic mass is 32.2. The molecule has 1 heterocycles. The van der Waals surface area contributed by atoms with Crippen LogP contribution in [0.25, 0.3) is 0 Å². The standard InChI is InChI=1S/C18H26N2O4S/c1-5-12(2)19-18(22)10-13(3)25(23,24)16-6-7-17-15(11-16)8-9-20(17)14(4)21/h6-7,11-13H,5,8-10H2,1-4H3,(H,19,22). The van der Waals surface area contributed by atoms with Crippen LogP contribution in [0.3, 0.4) is 0 Å². The minimum atomic E-state index is -3.60. The van der Waals surface area contributed by atoms with Gasteiger partial charge in [0.2, 0.25) is 11.8 Å². The van der Waals surface area contributed by atoms with Crippen LogP contribution in [0.2, 0.25) is 0 Å². The zero-order valence-corrected chi connectivity index (χ0v) is 16.0. The van der Waals surface area contributed by atoms with Gasteiger partial charge in [-0.25, -0.2) is 8.42 Å². The van der Waals surface area contributed by atoms with Crippen molar-refractivity contribution in [3.05, 3.63) is 23.8 Å². The quantitative estimate of drug-likeness (QED) is 0.835. The number of hydrogen-bond acceptors (Lipinski definition) is 4. The second-order valence-corrected chi connectivity index (χ2v) is 9.01. The number of benzene rings is 1. The van der Waals surface area contributed by atoms with Crippen molar-refractivity contribution in [1.82, 2.24) is 5.32 Å². The molecule has 2 atom stereocenters. The van der Waals surface area contributed by atoms with Crippen molar-refractivity contribution in [2.45, 2.75) is 63.1 Å². The minimum Gasteiger partial charge on any atom is -0.354 e. The van der Waals surface area contributed by atoms with Crippen LogP contribution in [0.4, 0.5) is 5.69 Å². The lowest BCUT2D eigenvalue weighted by Gasteiger charge is -2.17. The second-order valence-electron chi connectivity index (χ2n) is 6.65. The monoisotopic (exact) mass is 366 g/mol. The largest absolute Gasteiger partial charge is 0.354 e. The molecule has 6 nitrogen and oxygen atoms in total. The molecule has 0 aliphatic carbocycles. The van der Waals surface area contributed by atoms with E-state index in [1.807, 2.05) is 13.8 Å². The Kier molecular flexibility index (Phi) is 5.87. The second kappa shape index (κ2) is 7.56. The normalized spacial score (nSPS) is 16.2. The number of carbonyl (C=O) groups is 2. The molecule has 0 bridgehead atoms. The molecule has 2 rings (SSSR count). The van der Waals surface area contributed by atoms with Gasteiger partial charge in [-0.05, 0) is 50.5 Å². The Morgan fingerprint density at radius 2 is 1.96 bits per heavy atom. The molecule has 0 saturated heterocycles. The van der Waals surface area contributed by atoms with Crippen LogP contribution < -0.4 is 10.2 Å². The number of rotatable bonds is 6. The van der Waals surface area contributed by atoms with E-state index in [1.165, 1.54) is 13.0 Å². The molecule has 1 aliphatic rings. The van der Waals surface area contributed by atoms with Crippen LogP contribution in [0.5, 0.6) is 0 Å². The number of anilines is 1. The van der Waals surface area contributed by atoms with Crippen LogP contribution >= 0.6 is 0 Å². The van der Waals surface area contributed by atoms with Gasteiger partial charge in [-0.2, -0.15) is 0 Å². The summed E-state index contributed by atoms with van der Waals surface area (Å²) in [5.41, 5.74) is 1.63. The summed E-state index contributed by atoms with van der Waals surface area (Å²) < 4.78 is 25.6. The van der Waals surface area contributed by atoms with Crippen molar-refractivity contribution in [3.8, 4) is 0 Å². The first-order valence-electron chi connectivity index (χ1n) is 8.61. The van der Waals surface area contributed by atoms with Crippen LogP contribution in [0.1, 0.15) is 46.1 Å². The Labute approximate surface area is 149 Å². The average Bonchev–Trinajstić information content (AvgIpc) is 2.97. The van der Waals surface area contributed by atoms with Crippen molar-refractivity contribution in [3.63, 3.8) is 0 Å². The summed E-state index contributed by atoms with van der Waals surface area (Å²) in [6.45, 7) is 7.47. The number of fused-ring (bicyclic) bond motifs is 1. The SMILES string of the molecule is CCC(C)NC(=O)CC(C)S(=O)(=O)c1ccc2c(c1)CCN2C(C)=O. The molecule has 2 amide bonds. The van der Waals surface area contributed by atoms with Crippen LogP contribution in [0.15, 0.2) is 23.1 Å². The van der Waals surface area contributed by atoms with Gasteiger partial charge in [0.15, 0.2) is 9.84 Å². The Bertz CT molecular complexity index is 773. The molecule has 0 radical (unpaired) electrons. The Balaban J connectivity index is 2.17. The number of nitrogens with zero attached hydrogens (tertiary/aromatic N) is 1. The maximum atomic E-state index is 12.8. The van der Waals surface area contributed by atoms with Gasteiger partial charge in [0.1, 0.15) is 0 Å². The van der Waals surface area contributed by atoms with Gasteiger partial charge in [0, 0.05) is 31.6 Å². The molecule has 2 unspecified atom stereocenters. The summed E-state index contributed by atoms with van der Waals surface area (Å²) >= 11 is 0. The molecular weight excluding hydrogens is 340 g/mol. The topological polar surface area (TPSA) is 83.6 Å². The van der Waals surface area contributed by atoms with E-state index >= 15 is 0 Å². The Hall–Kier alpha value is -1.89. The summed E-state index contributed by atoms with van der Waals surface area (Å²) in [5.74, 6) is -0.307. The molecule has 0 fully saturated rings. The van der Waals surface area contributed by atoms with E-state index in [0.29, 0.717) is 13.0 Å². The van der Waals surface area contributed by atoms with E-state index in [9.17, 15) is 18.0 Å². The van der Waals surface area contributed by atoms with Gasteiger partial charge in [-0.3, -0.25) is 9.59 Å². The van der Waals surface area contributed by atoms with Crippen molar-refractivity contribution in [1.29, 1.82) is 0 Å². The highest BCUT2D eigenvalue weighted by molar-refractivity contribution is 7.92. The number of amides is 2. The third-order valence-corrected chi connectivity index (χ3v) is 6.81. The third kappa shape index (κ3) is 4.21. The highest BCUT2D eigenvalue weighted by Crippen LogP contribution is 2.31. The van der Waals surface area contributed by atoms with Gasteiger partial charge in [0.05, 0.1) is 10.1 Å². The molecule has 0 spiro atoms. The summed E-state index contributed by atoms with van der Waals surface area (Å²) in [4.78, 5) is 25.4. The molecule has 1 aliphatic heterocycles. The van der Waals surface area contributed by atoms with Crippen molar-refractivity contribution in [2.75, 3.05) is 11.4 Å². The van der Waals surface area contributed by atoms with E-state index in [0.717, 1.165) is 17.7 Å². The van der Waals surface area contributed by atoms with Gasteiger partial charge in [-0.15, -0.1) is 0 Å². The fraction of sp³-hybridized carbons (Fsp3) is 0.556. The lowest BCUT2D eigenvalue weighted by Crippen LogP contribution is -2.35. The molecule has 0 saturated carbocycles. The Morgan fingerprint density at radius 1 is 1.28 bits per heavy atom. The van der Waals surface area contributed by atoms with E-state index in [-0.39, 0.29) is 29.2 Å². The van der Waals surface area contributed by atoms with Gasteiger partial charge < -0.3 is 10.2 Å². The molecular formula is C18H26N2O4S. The van der Waals surface area contributed by atoms with E-state index in [1.54, 1.807) is 24.0 Å². The maximum absolute atomic E-state index is 12.8. The van der Waals surface area contributed by atoms with Crippen molar-refractivity contribution in [2.24, 2.45) is 0 Å². The van der Waals surface area contributed by atoms with Gasteiger partial charge in [-0.1, -0.05) is 6.92 Å². The van der Waals surface area contributed by atoms with Gasteiger partial charge in [0.25, 0.3) is 0 Å². The summed E-state index contributed by atoms with van der Waals surface area (Å²) in [6, 6.07) is 4.87. The summed E-state index contributed by atoms with van der Waals surface area (Å²) in [7, 11) is -3.60. The molecule has 1 aromatic carbocycles. The number of hydrogen-bond donors (Lipinski definition) is 1. The van der Waals surface area contributed by atoms with Crippen molar-refractivity contribution >= 4 is 27.3 Å². The van der Waals surface area contributed by atoms with Crippen molar-refractivity contribution < 1.29 is 18.0 Å². The smallest absolute Gasteiger partial charge is 0.223 e. The zero-order valence-electron chi connectivity index (χ0n) is 15.2. The summed E-state index contributed by atoms with van der Waals surface area (Å²) in [5, 5.41) is 1.99. The maximum Gasteiger partial charge on any atom is 0.223 e. The first kappa shape index (κ1) is 19.4. The fourth-order valence-corrected chi connectivity index (χ4v) is 4.32. The molecule has 1 N–H and O–H groups in total.